The molecule has 2 bridgehead atoms. The Kier molecular flexibility index (Phi) is 5.22. The molecule has 1 aromatic heterocycles. The molecule has 1 aromatic carbocycles. The number of carbonyl (C=O) groups excluding carboxylic acids is 1. The normalized spacial score (nSPS) is 27.7. The van der Waals surface area contributed by atoms with Crippen LogP contribution in [-0.2, 0) is 11.4 Å². The molecule has 0 radical (unpaired) electrons. The van der Waals surface area contributed by atoms with E-state index in [1.807, 2.05) is 29.6 Å². The Balaban J connectivity index is 1.41. The third-order valence-electron chi connectivity index (χ3n) is 5.79. The standard InChI is InChI=1S/C20H25N3O2S/c21-19-13-4-3-5-14(19)9-15(8-13)20(24)23-17-6-1-2-7-18(17)25-10-16-11-26-12-22-16/h1-2,6-7,11-15,19H,3-5,8-10,21H2,(H,23,24). The highest BCUT2D eigenvalue weighted by Crippen LogP contribution is 2.42. The van der Waals surface area contributed by atoms with Crippen molar-refractivity contribution in [2.45, 2.75) is 44.8 Å². The van der Waals surface area contributed by atoms with Crippen LogP contribution in [0.4, 0.5) is 5.69 Å². The molecule has 1 amide bonds. The predicted octanol–water partition coefficient (Wildman–Crippen LogP) is 3.81. The SMILES string of the molecule is NC1C2CCCC1CC(C(=O)Nc1ccccc1OCc1cscn1)C2. The Bertz CT molecular complexity index is 735. The molecule has 2 saturated carbocycles. The van der Waals surface area contributed by atoms with E-state index in [1.165, 1.54) is 6.42 Å². The summed E-state index contributed by atoms with van der Waals surface area (Å²) in [6.45, 7) is 0.402. The van der Waals surface area contributed by atoms with E-state index in [4.69, 9.17) is 10.5 Å². The van der Waals surface area contributed by atoms with Crippen molar-refractivity contribution in [2.24, 2.45) is 23.5 Å². The number of nitrogens with one attached hydrogen (secondary N) is 1. The molecule has 4 rings (SSSR count). The van der Waals surface area contributed by atoms with Gasteiger partial charge in [-0.2, -0.15) is 0 Å². The number of amides is 1. The number of nitrogens with zero attached hydrogens (tertiary/aromatic N) is 1. The van der Waals surface area contributed by atoms with Crippen molar-refractivity contribution in [1.82, 2.24) is 4.98 Å². The van der Waals surface area contributed by atoms with Crippen LogP contribution in [0.2, 0.25) is 0 Å². The molecule has 2 fully saturated rings. The van der Waals surface area contributed by atoms with Gasteiger partial charge in [0, 0.05) is 17.3 Å². The maximum Gasteiger partial charge on any atom is 0.227 e. The van der Waals surface area contributed by atoms with Crippen LogP contribution in [0.25, 0.3) is 0 Å². The lowest BCUT2D eigenvalue weighted by atomic mass is 9.65. The Morgan fingerprint density at radius 2 is 2.04 bits per heavy atom. The number of nitrogens with two attached hydrogens (primary N) is 1. The molecule has 0 spiro atoms. The molecular weight excluding hydrogens is 346 g/mol. The summed E-state index contributed by atoms with van der Waals surface area (Å²) in [6, 6.07) is 7.88. The van der Waals surface area contributed by atoms with E-state index in [0.717, 1.165) is 37.1 Å². The summed E-state index contributed by atoms with van der Waals surface area (Å²) in [4.78, 5) is 17.1. The number of fused-ring (bicyclic) bond motifs is 2. The van der Waals surface area contributed by atoms with E-state index in [-0.39, 0.29) is 17.9 Å². The molecule has 2 atom stereocenters. The Morgan fingerprint density at radius 1 is 1.27 bits per heavy atom. The molecule has 1 heterocycles. The second kappa shape index (κ2) is 7.76. The molecule has 2 unspecified atom stereocenters. The molecule has 2 aromatic rings. The largest absolute Gasteiger partial charge is 0.485 e. The number of thiazole rings is 1. The average molecular weight is 372 g/mol. The van der Waals surface area contributed by atoms with Gasteiger partial charge in [-0.15, -0.1) is 11.3 Å². The lowest BCUT2D eigenvalue weighted by Crippen LogP contribution is -2.48. The van der Waals surface area contributed by atoms with E-state index in [9.17, 15) is 4.79 Å². The minimum Gasteiger partial charge on any atom is -0.485 e. The summed E-state index contributed by atoms with van der Waals surface area (Å²) >= 11 is 1.55. The second-order valence-corrected chi connectivity index (χ2v) is 8.17. The van der Waals surface area contributed by atoms with Gasteiger partial charge in [-0.05, 0) is 49.7 Å². The van der Waals surface area contributed by atoms with Crippen LogP contribution < -0.4 is 15.8 Å². The quantitative estimate of drug-likeness (QED) is 0.838. The monoisotopic (exact) mass is 371 g/mol. The van der Waals surface area contributed by atoms with Gasteiger partial charge in [-0.25, -0.2) is 4.98 Å². The second-order valence-electron chi connectivity index (χ2n) is 7.45. The zero-order valence-electron chi connectivity index (χ0n) is 14.8. The lowest BCUT2D eigenvalue weighted by molar-refractivity contribution is -0.122. The highest BCUT2D eigenvalue weighted by Gasteiger charge is 2.40. The van der Waals surface area contributed by atoms with E-state index in [1.54, 1.807) is 16.8 Å². The number of rotatable bonds is 5. The molecular formula is C20H25N3O2S. The van der Waals surface area contributed by atoms with Crippen LogP contribution >= 0.6 is 11.3 Å². The van der Waals surface area contributed by atoms with Crippen LogP contribution in [0.1, 0.15) is 37.8 Å². The van der Waals surface area contributed by atoms with Gasteiger partial charge in [0.05, 0.1) is 16.9 Å². The van der Waals surface area contributed by atoms with Crippen LogP contribution in [0.5, 0.6) is 5.75 Å². The van der Waals surface area contributed by atoms with Crippen LogP contribution in [0, 0.1) is 17.8 Å². The van der Waals surface area contributed by atoms with Crippen LogP contribution in [-0.4, -0.2) is 16.9 Å². The first-order valence-corrected chi connectivity index (χ1v) is 10.3. The number of hydrogen-bond acceptors (Lipinski definition) is 5. The fourth-order valence-electron chi connectivity index (χ4n) is 4.39. The molecule has 26 heavy (non-hydrogen) atoms. The number of para-hydroxylation sites is 2. The van der Waals surface area contributed by atoms with Crippen LogP contribution in [0.3, 0.4) is 0 Å². The summed E-state index contributed by atoms with van der Waals surface area (Å²) < 4.78 is 5.87. The highest BCUT2D eigenvalue weighted by atomic mass is 32.1. The molecule has 2 aliphatic rings. The molecule has 0 saturated heterocycles. The topological polar surface area (TPSA) is 77.2 Å². The van der Waals surface area contributed by atoms with Gasteiger partial charge in [-0.1, -0.05) is 18.6 Å². The summed E-state index contributed by atoms with van der Waals surface area (Å²) in [6.07, 6.45) is 5.39. The highest BCUT2D eigenvalue weighted by molar-refractivity contribution is 7.07. The summed E-state index contributed by atoms with van der Waals surface area (Å²) in [5.74, 6) is 1.82. The predicted molar refractivity (Wildman–Crippen MR) is 103 cm³/mol. The number of carbonyl (C=O) groups is 1. The Labute approximate surface area is 158 Å². The van der Waals surface area contributed by atoms with E-state index in [2.05, 4.69) is 10.3 Å². The number of hydrogen-bond donors (Lipinski definition) is 2. The first-order chi connectivity index (χ1) is 12.7. The van der Waals surface area contributed by atoms with Crippen molar-refractivity contribution in [3.63, 3.8) is 0 Å². The van der Waals surface area contributed by atoms with Crippen LogP contribution in [0.15, 0.2) is 35.2 Å². The van der Waals surface area contributed by atoms with Gasteiger partial charge in [0.2, 0.25) is 5.91 Å². The van der Waals surface area contributed by atoms with Crippen molar-refractivity contribution in [3.05, 3.63) is 40.8 Å². The fraction of sp³-hybridized carbons (Fsp3) is 0.500. The van der Waals surface area contributed by atoms with Crippen molar-refractivity contribution in [1.29, 1.82) is 0 Å². The number of benzene rings is 1. The van der Waals surface area contributed by atoms with Gasteiger partial charge >= 0.3 is 0 Å². The van der Waals surface area contributed by atoms with Crippen molar-refractivity contribution >= 4 is 22.9 Å². The minimum atomic E-state index is 0.0525. The maximum absolute atomic E-state index is 12.9. The third-order valence-corrected chi connectivity index (χ3v) is 6.42. The number of aromatic nitrogens is 1. The minimum absolute atomic E-state index is 0.0525. The van der Waals surface area contributed by atoms with E-state index >= 15 is 0 Å². The smallest absolute Gasteiger partial charge is 0.227 e. The van der Waals surface area contributed by atoms with Gasteiger partial charge in [-0.3, -0.25) is 4.79 Å². The van der Waals surface area contributed by atoms with Gasteiger partial charge < -0.3 is 15.8 Å². The molecule has 0 aliphatic heterocycles. The van der Waals surface area contributed by atoms with Gasteiger partial charge in [0.25, 0.3) is 0 Å². The van der Waals surface area contributed by atoms with E-state index in [0.29, 0.717) is 24.2 Å². The summed E-state index contributed by atoms with van der Waals surface area (Å²) in [7, 11) is 0. The van der Waals surface area contributed by atoms with Gasteiger partial charge in [0.15, 0.2) is 0 Å². The Hall–Kier alpha value is -1.92. The lowest BCUT2D eigenvalue weighted by Gasteiger charge is -2.43. The summed E-state index contributed by atoms with van der Waals surface area (Å²) in [5.41, 5.74) is 9.76. The fourth-order valence-corrected chi connectivity index (χ4v) is 4.94. The van der Waals surface area contributed by atoms with E-state index < -0.39 is 0 Å². The molecule has 6 heteroatoms. The summed E-state index contributed by atoms with van der Waals surface area (Å²) in [5, 5.41) is 5.06. The van der Waals surface area contributed by atoms with Crippen molar-refractivity contribution in [2.75, 3.05) is 5.32 Å². The molecule has 3 N–H and O–H groups in total. The molecule has 138 valence electrons. The number of ether oxygens (including phenoxy) is 1. The van der Waals surface area contributed by atoms with Crippen molar-refractivity contribution < 1.29 is 9.53 Å². The number of anilines is 1. The molecule has 5 nitrogen and oxygen atoms in total. The zero-order valence-corrected chi connectivity index (χ0v) is 15.6. The first kappa shape index (κ1) is 17.5. The van der Waals surface area contributed by atoms with Gasteiger partial charge in [0.1, 0.15) is 12.4 Å². The average Bonchev–Trinajstić information content (AvgIpc) is 3.14. The van der Waals surface area contributed by atoms with Crippen molar-refractivity contribution in [3.8, 4) is 5.75 Å². The Morgan fingerprint density at radius 3 is 2.77 bits per heavy atom. The first-order valence-electron chi connectivity index (χ1n) is 9.36. The zero-order chi connectivity index (χ0) is 17.9. The molecule has 2 aliphatic carbocycles. The third kappa shape index (κ3) is 3.76. The maximum atomic E-state index is 12.9.